The number of para-hydroxylation sites is 1. The number of hydrogen-bond donors (Lipinski definition) is 0. The summed E-state index contributed by atoms with van der Waals surface area (Å²) in [6, 6.07) is 7.61. The lowest BCUT2D eigenvalue weighted by atomic mass is 10.1. The van der Waals surface area contributed by atoms with Gasteiger partial charge in [0.25, 0.3) is 5.69 Å². The molecule has 0 N–H and O–H groups in total. The fraction of sp³-hybridized carbons (Fsp3) is 0.500. The Morgan fingerprint density at radius 3 is 2.58 bits per heavy atom. The number of amides is 1. The van der Waals surface area contributed by atoms with Crippen LogP contribution in [0.25, 0.3) is 6.08 Å². The van der Waals surface area contributed by atoms with Crippen LogP contribution >= 0.6 is 0 Å². The zero-order valence-electron chi connectivity index (χ0n) is 13.9. The molecule has 2 aliphatic heterocycles. The maximum absolute atomic E-state index is 11.9. The summed E-state index contributed by atoms with van der Waals surface area (Å²) in [5.41, 5.74) is 0.768. The Morgan fingerprint density at radius 2 is 1.96 bits per heavy atom. The molecule has 2 aliphatic rings. The second-order valence-electron chi connectivity index (χ2n) is 6.45. The van der Waals surface area contributed by atoms with Gasteiger partial charge in [-0.15, -0.1) is 0 Å². The number of nitro groups is 1. The molecule has 0 saturated carbocycles. The second kappa shape index (κ2) is 7.13. The van der Waals surface area contributed by atoms with Crippen molar-refractivity contribution in [2.24, 2.45) is 0 Å². The number of nitrogens with zero attached hydrogens (tertiary/aromatic N) is 3. The van der Waals surface area contributed by atoms with E-state index in [1.54, 1.807) is 12.1 Å². The number of likely N-dealkylation sites (tertiary alicyclic amines) is 1. The first-order valence-electron chi connectivity index (χ1n) is 8.53. The van der Waals surface area contributed by atoms with Crippen molar-refractivity contribution in [2.75, 3.05) is 19.6 Å². The molecule has 0 unspecified atom stereocenters. The van der Waals surface area contributed by atoms with E-state index >= 15 is 0 Å². The summed E-state index contributed by atoms with van der Waals surface area (Å²) in [5.74, 6) is 0.238. The molecule has 128 valence electrons. The summed E-state index contributed by atoms with van der Waals surface area (Å²) in [4.78, 5) is 27.1. The van der Waals surface area contributed by atoms with E-state index < -0.39 is 0 Å². The maximum Gasteiger partial charge on any atom is 0.276 e. The summed E-state index contributed by atoms with van der Waals surface area (Å²) in [6.45, 7) is 4.30. The van der Waals surface area contributed by atoms with E-state index in [-0.39, 0.29) is 16.5 Å². The molecule has 6 heteroatoms. The number of benzene rings is 1. The SMILES string of the molecule is CCC(=O)N1C[C@H]2CC[C@@H](C1)N2C/C=C/c1ccccc1[N+](=O)[O-]. The van der Waals surface area contributed by atoms with Crippen molar-refractivity contribution in [1.82, 2.24) is 9.80 Å². The number of nitro benzene ring substituents is 1. The fourth-order valence-corrected chi connectivity index (χ4v) is 3.81. The minimum absolute atomic E-state index is 0.134. The predicted molar refractivity (Wildman–Crippen MR) is 92.5 cm³/mol. The Morgan fingerprint density at radius 1 is 1.29 bits per heavy atom. The van der Waals surface area contributed by atoms with Crippen LogP contribution in [0.4, 0.5) is 5.69 Å². The van der Waals surface area contributed by atoms with Crippen LogP contribution in [0.15, 0.2) is 30.3 Å². The van der Waals surface area contributed by atoms with Gasteiger partial charge in [-0.3, -0.25) is 19.8 Å². The lowest BCUT2D eigenvalue weighted by molar-refractivity contribution is -0.385. The summed E-state index contributed by atoms with van der Waals surface area (Å²) in [6.07, 6.45) is 6.65. The van der Waals surface area contributed by atoms with Crippen molar-refractivity contribution in [2.45, 2.75) is 38.3 Å². The van der Waals surface area contributed by atoms with E-state index in [4.69, 9.17) is 0 Å². The smallest absolute Gasteiger partial charge is 0.276 e. The third kappa shape index (κ3) is 3.33. The fourth-order valence-electron chi connectivity index (χ4n) is 3.81. The van der Waals surface area contributed by atoms with E-state index in [9.17, 15) is 14.9 Å². The van der Waals surface area contributed by atoms with Crippen LogP contribution in [0.1, 0.15) is 31.7 Å². The number of fused-ring (bicyclic) bond motifs is 2. The standard InChI is InChI=1S/C18H23N3O3/c1-2-18(22)19-12-15-9-10-16(13-19)20(15)11-5-7-14-6-3-4-8-17(14)21(23)24/h3-8,15-16H,2,9-13H2,1H3/b7-5+/t15-,16+. The van der Waals surface area contributed by atoms with Crippen LogP contribution in [0.3, 0.4) is 0 Å². The van der Waals surface area contributed by atoms with Gasteiger partial charge in [-0.2, -0.15) is 0 Å². The lowest BCUT2D eigenvalue weighted by Gasteiger charge is -2.40. The number of carbonyl (C=O) groups excluding carboxylic acids is 1. The highest BCUT2D eigenvalue weighted by Crippen LogP contribution is 2.30. The van der Waals surface area contributed by atoms with Crippen LogP contribution in [0.2, 0.25) is 0 Å². The predicted octanol–water partition coefficient (Wildman–Crippen LogP) is 2.69. The van der Waals surface area contributed by atoms with Gasteiger partial charge in [0.2, 0.25) is 5.91 Å². The summed E-state index contributed by atoms with van der Waals surface area (Å²) in [5, 5.41) is 11.1. The molecule has 2 saturated heterocycles. The van der Waals surface area contributed by atoms with Gasteiger partial charge in [0, 0.05) is 44.2 Å². The van der Waals surface area contributed by atoms with Crippen LogP contribution in [0.5, 0.6) is 0 Å². The van der Waals surface area contributed by atoms with Gasteiger partial charge < -0.3 is 4.90 Å². The molecular weight excluding hydrogens is 306 g/mol. The third-order valence-corrected chi connectivity index (χ3v) is 5.04. The van der Waals surface area contributed by atoms with Crippen LogP contribution in [-0.2, 0) is 4.79 Å². The Balaban J connectivity index is 1.64. The topological polar surface area (TPSA) is 66.7 Å². The number of piperazine rings is 1. The van der Waals surface area contributed by atoms with Gasteiger partial charge in [-0.05, 0) is 18.9 Å². The molecule has 0 aliphatic carbocycles. The Kier molecular flexibility index (Phi) is 4.94. The van der Waals surface area contributed by atoms with Crippen molar-refractivity contribution >= 4 is 17.7 Å². The monoisotopic (exact) mass is 329 g/mol. The van der Waals surface area contributed by atoms with Crippen LogP contribution in [0, 0.1) is 10.1 Å². The molecule has 24 heavy (non-hydrogen) atoms. The minimum atomic E-state index is -0.349. The van der Waals surface area contributed by atoms with E-state index in [1.807, 2.05) is 30.0 Å². The Bertz CT molecular complexity index is 645. The van der Waals surface area contributed by atoms with Gasteiger partial charge in [0.15, 0.2) is 0 Å². The van der Waals surface area contributed by atoms with Gasteiger partial charge in [-0.25, -0.2) is 0 Å². The first kappa shape index (κ1) is 16.6. The largest absolute Gasteiger partial charge is 0.340 e. The van der Waals surface area contributed by atoms with Crippen molar-refractivity contribution in [3.05, 3.63) is 46.0 Å². The van der Waals surface area contributed by atoms with Gasteiger partial charge in [0.05, 0.1) is 10.5 Å². The number of rotatable bonds is 5. The van der Waals surface area contributed by atoms with E-state index in [0.717, 1.165) is 32.5 Å². The van der Waals surface area contributed by atoms with E-state index in [2.05, 4.69) is 4.90 Å². The molecular formula is C18H23N3O3. The van der Waals surface area contributed by atoms with Crippen molar-refractivity contribution in [1.29, 1.82) is 0 Å². The molecule has 6 nitrogen and oxygen atoms in total. The van der Waals surface area contributed by atoms with Crippen molar-refractivity contribution in [3.8, 4) is 0 Å². The summed E-state index contributed by atoms with van der Waals surface area (Å²) >= 11 is 0. The van der Waals surface area contributed by atoms with Crippen molar-refractivity contribution < 1.29 is 9.72 Å². The zero-order chi connectivity index (χ0) is 17.1. The normalized spacial score (nSPS) is 23.8. The molecule has 3 rings (SSSR count). The number of carbonyl (C=O) groups is 1. The quantitative estimate of drug-likeness (QED) is 0.615. The lowest BCUT2D eigenvalue weighted by Crippen LogP contribution is -2.55. The molecule has 0 spiro atoms. The first-order chi connectivity index (χ1) is 11.6. The van der Waals surface area contributed by atoms with Crippen LogP contribution in [-0.4, -0.2) is 52.3 Å². The second-order valence-corrected chi connectivity index (χ2v) is 6.45. The highest BCUT2D eigenvalue weighted by molar-refractivity contribution is 5.76. The average Bonchev–Trinajstić information content (AvgIpc) is 2.82. The van der Waals surface area contributed by atoms with E-state index in [1.165, 1.54) is 6.07 Å². The van der Waals surface area contributed by atoms with Crippen molar-refractivity contribution in [3.63, 3.8) is 0 Å². The molecule has 2 atom stereocenters. The van der Waals surface area contributed by atoms with Gasteiger partial charge >= 0.3 is 0 Å². The average molecular weight is 329 g/mol. The Labute approximate surface area is 141 Å². The molecule has 1 aromatic carbocycles. The molecule has 1 aromatic rings. The molecule has 2 bridgehead atoms. The number of hydrogen-bond acceptors (Lipinski definition) is 4. The maximum atomic E-state index is 11.9. The summed E-state index contributed by atoms with van der Waals surface area (Å²) in [7, 11) is 0. The van der Waals surface area contributed by atoms with Gasteiger partial charge in [-0.1, -0.05) is 31.2 Å². The molecule has 0 radical (unpaired) electrons. The molecule has 2 heterocycles. The van der Waals surface area contributed by atoms with E-state index in [0.29, 0.717) is 24.1 Å². The highest BCUT2D eigenvalue weighted by atomic mass is 16.6. The van der Waals surface area contributed by atoms with Gasteiger partial charge in [0.1, 0.15) is 0 Å². The first-order valence-corrected chi connectivity index (χ1v) is 8.53. The molecule has 1 amide bonds. The molecule has 2 fully saturated rings. The zero-order valence-corrected chi connectivity index (χ0v) is 13.9. The Hall–Kier alpha value is -2.21. The highest BCUT2D eigenvalue weighted by Gasteiger charge is 2.40. The third-order valence-electron chi connectivity index (χ3n) is 5.04. The summed E-state index contributed by atoms with van der Waals surface area (Å²) < 4.78 is 0. The van der Waals surface area contributed by atoms with Crippen LogP contribution < -0.4 is 0 Å². The molecule has 0 aromatic heterocycles. The minimum Gasteiger partial charge on any atom is -0.340 e.